The molecule has 2 saturated heterocycles. The zero-order valence-corrected chi connectivity index (χ0v) is 17.4. The van der Waals surface area contributed by atoms with Crippen LogP contribution in [0, 0.1) is 0 Å². The van der Waals surface area contributed by atoms with Crippen LogP contribution in [0.1, 0.15) is 19.8 Å². The summed E-state index contributed by atoms with van der Waals surface area (Å²) in [5.74, 6) is 0. The number of rotatable bonds is 4. The van der Waals surface area contributed by atoms with Crippen LogP contribution in [-0.4, -0.2) is 68.6 Å². The molecule has 0 radical (unpaired) electrons. The van der Waals surface area contributed by atoms with Crippen molar-refractivity contribution in [3.8, 4) is 0 Å². The minimum absolute atomic E-state index is 0.0465. The normalized spacial score (nSPS) is 22.6. The summed E-state index contributed by atoms with van der Waals surface area (Å²) >= 11 is 11.8. The van der Waals surface area contributed by atoms with Crippen LogP contribution in [0.15, 0.2) is 23.1 Å². The Hall–Kier alpha value is -1.06. The molecule has 1 aromatic rings. The largest absolute Gasteiger partial charge is 0.376 e. The molecule has 1 aromatic carbocycles. The molecule has 1 N–H and O–H groups in total. The second-order valence-corrected chi connectivity index (χ2v) is 9.51. The van der Waals surface area contributed by atoms with E-state index in [-0.39, 0.29) is 41.2 Å². The van der Waals surface area contributed by atoms with E-state index < -0.39 is 10.0 Å². The van der Waals surface area contributed by atoms with E-state index in [0.29, 0.717) is 18.1 Å². The Balaban J connectivity index is 1.57. The average Bonchev–Trinajstić information content (AvgIpc) is 3.19. The number of hydrogen-bond acceptors (Lipinski definition) is 4. The first kappa shape index (κ1) is 20.7. The minimum atomic E-state index is -3.67. The van der Waals surface area contributed by atoms with Gasteiger partial charge in [-0.1, -0.05) is 23.2 Å². The van der Waals surface area contributed by atoms with Gasteiger partial charge in [-0.3, -0.25) is 0 Å². The molecule has 0 saturated carbocycles. The van der Waals surface area contributed by atoms with Gasteiger partial charge in [-0.25, -0.2) is 13.2 Å². The predicted octanol–water partition coefficient (Wildman–Crippen LogP) is 2.58. The Kier molecular flexibility index (Phi) is 6.53. The molecular weight excluding hydrogens is 413 g/mol. The average molecular weight is 436 g/mol. The summed E-state index contributed by atoms with van der Waals surface area (Å²) < 4.78 is 32.5. The highest BCUT2D eigenvalue weighted by molar-refractivity contribution is 7.89. The van der Waals surface area contributed by atoms with Gasteiger partial charge in [-0.05, 0) is 38.0 Å². The van der Waals surface area contributed by atoms with Gasteiger partial charge in [0.25, 0.3) is 0 Å². The fourth-order valence-corrected chi connectivity index (χ4v) is 5.11. The number of benzene rings is 1. The van der Waals surface area contributed by atoms with E-state index in [4.69, 9.17) is 27.9 Å². The van der Waals surface area contributed by atoms with Crippen LogP contribution in [0.2, 0.25) is 10.0 Å². The number of nitrogens with zero attached hydrogens (tertiary/aromatic N) is 2. The van der Waals surface area contributed by atoms with E-state index in [1.807, 2.05) is 6.92 Å². The van der Waals surface area contributed by atoms with Crippen molar-refractivity contribution in [3.63, 3.8) is 0 Å². The molecule has 2 amide bonds. The van der Waals surface area contributed by atoms with E-state index in [1.54, 1.807) is 4.90 Å². The van der Waals surface area contributed by atoms with Crippen LogP contribution in [0.4, 0.5) is 4.79 Å². The molecule has 2 fully saturated rings. The molecule has 2 aliphatic rings. The van der Waals surface area contributed by atoms with E-state index in [1.165, 1.54) is 22.5 Å². The highest BCUT2D eigenvalue weighted by Crippen LogP contribution is 2.27. The maximum absolute atomic E-state index is 12.8. The molecule has 2 heterocycles. The first-order valence-electron chi connectivity index (χ1n) is 8.91. The lowest BCUT2D eigenvalue weighted by Crippen LogP contribution is -2.55. The van der Waals surface area contributed by atoms with Gasteiger partial charge in [0.1, 0.15) is 0 Å². The lowest BCUT2D eigenvalue weighted by atomic mass is 10.1. The third kappa shape index (κ3) is 4.68. The number of carbonyl (C=O) groups excluding carboxylic acids is 1. The van der Waals surface area contributed by atoms with E-state index in [9.17, 15) is 13.2 Å². The van der Waals surface area contributed by atoms with Gasteiger partial charge in [0.05, 0.1) is 27.1 Å². The summed E-state index contributed by atoms with van der Waals surface area (Å²) in [7, 11) is -3.67. The van der Waals surface area contributed by atoms with Crippen molar-refractivity contribution in [2.45, 2.75) is 36.8 Å². The Labute approximate surface area is 169 Å². The molecule has 0 spiro atoms. The minimum Gasteiger partial charge on any atom is -0.376 e. The molecule has 0 bridgehead atoms. The van der Waals surface area contributed by atoms with Gasteiger partial charge >= 0.3 is 6.03 Å². The Morgan fingerprint density at radius 2 is 1.93 bits per heavy atom. The van der Waals surface area contributed by atoms with Gasteiger partial charge in [-0.2, -0.15) is 4.31 Å². The van der Waals surface area contributed by atoms with Crippen LogP contribution < -0.4 is 5.32 Å². The number of ether oxygens (including phenoxy) is 1. The van der Waals surface area contributed by atoms with Crippen molar-refractivity contribution in [2.24, 2.45) is 0 Å². The van der Waals surface area contributed by atoms with Gasteiger partial charge in [0, 0.05) is 32.8 Å². The number of amides is 2. The lowest BCUT2D eigenvalue weighted by molar-refractivity contribution is 0.0821. The van der Waals surface area contributed by atoms with Crippen molar-refractivity contribution in [3.05, 3.63) is 28.2 Å². The van der Waals surface area contributed by atoms with Crippen molar-refractivity contribution in [1.82, 2.24) is 14.5 Å². The summed E-state index contributed by atoms with van der Waals surface area (Å²) in [6.07, 6.45) is 2.00. The zero-order valence-electron chi connectivity index (χ0n) is 15.0. The van der Waals surface area contributed by atoms with Crippen LogP contribution in [0.5, 0.6) is 0 Å². The van der Waals surface area contributed by atoms with Crippen molar-refractivity contribution in [1.29, 1.82) is 0 Å². The van der Waals surface area contributed by atoms with E-state index in [0.717, 1.165) is 19.4 Å². The number of piperazine rings is 1. The second-order valence-electron chi connectivity index (χ2n) is 6.76. The quantitative estimate of drug-likeness (QED) is 0.787. The smallest absolute Gasteiger partial charge is 0.317 e. The molecule has 2 aliphatic heterocycles. The molecule has 2 atom stereocenters. The summed E-state index contributed by atoms with van der Waals surface area (Å²) in [6, 6.07) is 3.99. The Bertz CT molecular complexity index is 791. The Morgan fingerprint density at radius 3 is 2.52 bits per heavy atom. The maximum Gasteiger partial charge on any atom is 0.317 e. The van der Waals surface area contributed by atoms with Crippen LogP contribution in [0.25, 0.3) is 0 Å². The van der Waals surface area contributed by atoms with Crippen LogP contribution in [-0.2, 0) is 14.8 Å². The molecule has 27 heavy (non-hydrogen) atoms. The number of urea groups is 1. The highest BCUT2D eigenvalue weighted by Gasteiger charge is 2.32. The van der Waals surface area contributed by atoms with Gasteiger partial charge < -0.3 is 15.0 Å². The monoisotopic (exact) mass is 435 g/mol. The summed E-state index contributed by atoms with van der Waals surface area (Å²) in [5.41, 5.74) is 0. The van der Waals surface area contributed by atoms with Gasteiger partial charge in [0.15, 0.2) is 0 Å². The predicted molar refractivity (Wildman–Crippen MR) is 104 cm³/mol. The topological polar surface area (TPSA) is 79.0 Å². The van der Waals surface area contributed by atoms with Gasteiger partial charge in [-0.15, -0.1) is 0 Å². The summed E-state index contributed by atoms with van der Waals surface area (Å²) in [4.78, 5) is 14.2. The van der Waals surface area contributed by atoms with E-state index in [2.05, 4.69) is 5.32 Å². The molecule has 0 aromatic heterocycles. The van der Waals surface area contributed by atoms with E-state index >= 15 is 0 Å². The van der Waals surface area contributed by atoms with Gasteiger partial charge in [0.2, 0.25) is 10.0 Å². The Morgan fingerprint density at radius 1 is 1.22 bits per heavy atom. The summed E-state index contributed by atoms with van der Waals surface area (Å²) in [5, 5.41) is 3.45. The van der Waals surface area contributed by atoms with Crippen LogP contribution in [0.3, 0.4) is 0 Å². The number of sulfonamides is 1. The molecule has 7 nitrogen and oxygen atoms in total. The number of carbonyl (C=O) groups is 1. The standard InChI is InChI=1S/C17H23Cl2N3O4S/c1-12(16-3-2-10-26-16)20-17(23)21-6-8-22(9-7-21)27(24,25)13-4-5-14(18)15(19)11-13/h4-5,11-12,16H,2-3,6-10H2,1H3,(H,20,23)/t12-,16-/m1/s1. The lowest BCUT2D eigenvalue weighted by Gasteiger charge is -2.35. The first-order chi connectivity index (χ1) is 12.8. The third-order valence-electron chi connectivity index (χ3n) is 4.93. The number of hydrogen-bond donors (Lipinski definition) is 1. The molecule has 150 valence electrons. The molecule has 3 rings (SSSR count). The van der Waals surface area contributed by atoms with Crippen LogP contribution >= 0.6 is 23.2 Å². The second kappa shape index (κ2) is 8.53. The number of nitrogens with one attached hydrogen (secondary N) is 1. The molecular formula is C17H23Cl2N3O4S. The van der Waals surface area contributed by atoms with Crippen molar-refractivity contribution in [2.75, 3.05) is 32.8 Å². The molecule has 10 heteroatoms. The third-order valence-corrected chi connectivity index (χ3v) is 7.56. The zero-order chi connectivity index (χ0) is 19.6. The SMILES string of the molecule is C[C@@H](NC(=O)N1CCN(S(=O)(=O)c2ccc(Cl)c(Cl)c2)CC1)[C@H]1CCCO1. The fourth-order valence-electron chi connectivity index (χ4n) is 3.29. The fraction of sp³-hybridized carbons (Fsp3) is 0.588. The first-order valence-corrected chi connectivity index (χ1v) is 11.1. The van der Waals surface area contributed by atoms with Crippen molar-refractivity contribution >= 4 is 39.3 Å². The summed E-state index contributed by atoms with van der Waals surface area (Å²) in [6.45, 7) is 3.76. The van der Waals surface area contributed by atoms with Crippen molar-refractivity contribution < 1.29 is 17.9 Å². The highest BCUT2D eigenvalue weighted by atomic mass is 35.5. The number of halogens is 2. The molecule has 0 aliphatic carbocycles. The maximum atomic E-state index is 12.8. The molecule has 0 unspecified atom stereocenters.